The zero-order valence-corrected chi connectivity index (χ0v) is 10.0. The predicted octanol–water partition coefficient (Wildman–Crippen LogP) is 0.838. The van der Waals surface area contributed by atoms with Gasteiger partial charge in [-0.1, -0.05) is 0 Å². The molecule has 16 heavy (non-hydrogen) atoms. The van der Waals surface area contributed by atoms with Crippen molar-refractivity contribution in [3.63, 3.8) is 0 Å². The van der Waals surface area contributed by atoms with Crippen LogP contribution in [0.25, 0.3) is 0 Å². The van der Waals surface area contributed by atoms with Gasteiger partial charge in [-0.25, -0.2) is 0 Å². The number of hydrogen-bond donors (Lipinski definition) is 0. The summed E-state index contributed by atoms with van der Waals surface area (Å²) in [6.45, 7) is 5.54. The Kier molecular flexibility index (Phi) is 3.74. The molecule has 1 aromatic rings. The van der Waals surface area contributed by atoms with Gasteiger partial charge in [0.1, 0.15) is 5.75 Å². The van der Waals surface area contributed by atoms with Crippen molar-refractivity contribution in [1.82, 2.24) is 14.8 Å². The number of likely N-dealkylation sites (N-methyl/N-ethyl adjacent to an activating group) is 1. The van der Waals surface area contributed by atoms with Crippen LogP contribution in [0.5, 0.6) is 5.75 Å². The van der Waals surface area contributed by atoms with Crippen LogP contribution in [-0.2, 0) is 6.54 Å². The summed E-state index contributed by atoms with van der Waals surface area (Å²) in [7, 11) is 3.85. The fourth-order valence-electron chi connectivity index (χ4n) is 1.93. The highest BCUT2D eigenvalue weighted by Crippen LogP contribution is 2.13. The second kappa shape index (κ2) is 5.27. The summed E-state index contributed by atoms with van der Waals surface area (Å²) in [5, 5.41) is 0. The molecule has 0 unspecified atom stereocenters. The molecule has 4 nitrogen and oxygen atoms in total. The van der Waals surface area contributed by atoms with Crippen LogP contribution in [0.1, 0.15) is 5.56 Å². The Balaban J connectivity index is 1.93. The van der Waals surface area contributed by atoms with Gasteiger partial charge in [-0.2, -0.15) is 0 Å². The first-order valence-corrected chi connectivity index (χ1v) is 5.67. The lowest BCUT2D eigenvalue weighted by atomic mass is 10.2. The highest BCUT2D eigenvalue weighted by molar-refractivity contribution is 5.23. The molecule has 0 radical (unpaired) electrons. The van der Waals surface area contributed by atoms with Crippen LogP contribution in [0.4, 0.5) is 0 Å². The Bertz CT molecular complexity index is 335. The van der Waals surface area contributed by atoms with Gasteiger partial charge in [0, 0.05) is 38.9 Å². The third kappa shape index (κ3) is 2.93. The number of ether oxygens (including phenoxy) is 1. The number of pyridine rings is 1. The van der Waals surface area contributed by atoms with E-state index in [2.05, 4.69) is 27.9 Å². The monoisotopic (exact) mass is 221 g/mol. The highest BCUT2D eigenvalue weighted by atomic mass is 16.5. The van der Waals surface area contributed by atoms with Crippen molar-refractivity contribution in [2.75, 3.05) is 40.3 Å². The van der Waals surface area contributed by atoms with Crippen LogP contribution in [0.2, 0.25) is 0 Å². The van der Waals surface area contributed by atoms with Crippen molar-refractivity contribution in [1.29, 1.82) is 0 Å². The smallest absolute Gasteiger partial charge is 0.137 e. The molecule has 0 saturated carbocycles. The van der Waals surface area contributed by atoms with Crippen LogP contribution in [0, 0.1) is 0 Å². The van der Waals surface area contributed by atoms with Crippen molar-refractivity contribution >= 4 is 0 Å². The first kappa shape index (κ1) is 11.4. The molecule has 0 aromatic carbocycles. The lowest BCUT2D eigenvalue weighted by Crippen LogP contribution is -2.43. The van der Waals surface area contributed by atoms with Crippen molar-refractivity contribution in [3.8, 4) is 5.75 Å². The molecule has 2 heterocycles. The van der Waals surface area contributed by atoms with Gasteiger partial charge < -0.3 is 9.64 Å². The van der Waals surface area contributed by atoms with Crippen LogP contribution in [0.15, 0.2) is 18.5 Å². The molecule has 0 amide bonds. The first-order valence-electron chi connectivity index (χ1n) is 5.67. The topological polar surface area (TPSA) is 28.6 Å². The summed E-state index contributed by atoms with van der Waals surface area (Å²) < 4.78 is 5.17. The summed E-state index contributed by atoms with van der Waals surface area (Å²) in [6.07, 6.45) is 3.66. The molecule has 0 atom stereocenters. The maximum atomic E-state index is 5.17. The zero-order valence-electron chi connectivity index (χ0n) is 10.0. The molecule has 0 N–H and O–H groups in total. The van der Waals surface area contributed by atoms with E-state index in [1.54, 1.807) is 13.3 Å². The average Bonchev–Trinajstić information content (AvgIpc) is 2.32. The molecule has 0 aliphatic carbocycles. The quantitative estimate of drug-likeness (QED) is 0.756. The summed E-state index contributed by atoms with van der Waals surface area (Å²) in [4.78, 5) is 8.99. The Morgan fingerprint density at radius 2 is 2.00 bits per heavy atom. The Morgan fingerprint density at radius 1 is 1.25 bits per heavy atom. The zero-order chi connectivity index (χ0) is 11.4. The number of nitrogens with zero attached hydrogens (tertiary/aromatic N) is 3. The highest BCUT2D eigenvalue weighted by Gasteiger charge is 2.13. The van der Waals surface area contributed by atoms with E-state index >= 15 is 0 Å². The van der Waals surface area contributed by atoms with Crippen molar-refractivity contribution in [2.45, 2.75) is 6.54 Å². The Morgan fingerprint density at radius 3 is 2.69 bits per heavy atom. The molecule has 1 fully saturated rings. The molecule has 0 bridgehead atoms. The maximum absolute atomic E-state index is 5.17. The Hall–Kier alpha value is -1.13. The SMILES string of the molecule is COc1cncc(CN2CCN(C)CC2)c1. The lowest BCUT2D eigenvalue weighted by molar-refractivity contribution is 0.148. The third-order valence-electron chi connectivity index (χ3n) is 3.01. The molecule has 4 heteroatoms. The van der Waals surface area contributed by atoms with Crippen LogP contribution >= 0.6 is 0 Å². The second-order valence-electron chi connectivity index (χ2n) is 4.31. The van der Waals surface area contributed by atoms with E-state index in [1.807, 2.05) is 6.20 Å². The van der Waals surface area contributed by atoms with E-state index in [0.29, 0.717) is 0 Å². The van der Waals surface area contributed by atoms with Crippen LogP contribution in [0.3, 0.4) is 0 Å². The van der Waals surface area contributed by atoms with Gasteiger partial charge >= 0.3 is 0 Å². The van der Waals surface area contributed by atoms with Crippen molar-refractivity contribution < 1.29 is 4.74 Å². The minimum absolute atomic E-state index is 0.839. The van der Waals surface area contributed by atoms with E-state index in [0.717, 1.165) is 38.5 Å². The second-order valence-corrected chi connectivity index (χ2v) is 4.31. The van der Waals surface area contributed by atoms with Gasteiger partial charge in [-0.15, -0.1) is 0 Å². The molecule has 88 valence electrons. The number of rotatable bonds is 3. The van der Waals surface area contributed by atoms with Crippen LogP contribution in [-0.4, -0.2) is 55.1 Å². The molecule has 1 aliphatic rings. The molecule has 1 saturated heterocycles. The van der Waals surface area contributed by atoms with Gasteiger partial charge in [-0.05, 0) is 18.7 Å². The number of aromatic nitrogens is 1. The minimum Gasteiger partial charge on any atom is -0.495 e. The third-order valence-corrected chi connectivity index (χ3v) is 3.01. The van der Waals surface area contributed by atoms with Gasteiger partial charge in [-0.3, -0.25) is 9.88 Å². The number of hydrogen-bond acceptors (Lipinski definition) is 4. The van der Waals surface area contributed by atoms with Crippen molar-refractivity contribution in [2.24, 2.45) is 0 Å². The maximum Gasteiger partial charge on any atom is 0.137 e. The normalized spacial score (nSPS) is 18.6. The fourth-order valence-corrected chi connectivity index (χ4v) is 1.93. The molecular weight excluding hydrogens is 202 g/mol. The minimum atomic E-state index is 0.839. The van der Waals surface area contributed by atoms with E-state index in [4.69, 9.17) is 4.74 Å². The first-order chi connectivity index (χ1) is 7.78. The molecule has 1 aromatic heterocycles. The van der Waals surface area contributed by atoms with Gasteiger partial charge in [0.25, 0.3) is 0 Å². The van der Waals surface area contributed by atoms with Gasteiger partial charge in [0.15, 0.2) is 0 Å². The van der Waals surface area contributed by atoms with Crippen molar-refractivity contribution in [3.05, 3.63) is 24.0 Å². The molecule has 2 rings (SSSR count). The molecule has 1 aliphatic heterocycles. The summed E-state index contributed by atoms with van der Waals surface area (Å²) >= 11 is 0. The average molecular weight is 221 g/mol. The van der Waals surface area contributed by atoms with E-state index in [1.165, 1.54) is 5.56 Å². The van der Waals surface area contributed by atoms with E-state index in [9.17, 15) is 0 Å². The lowest BCUT2D eigenvalue weighted by Gasteiger charge is -2.32. The number of methoxy groups -OCH3 is 1. The summed E-state index contributed by atoms with van der Waals surface area (Å²) in [6, 6.07) is 2.06. The summed E-state index contributed by atoms with van der Waals surface area (Å²) in [5.74, 6) is 0.839. The van der Waals surface area contributed by atoms with E-state index in [-0.39, 0.29) is 0 Å². The van der Waals surface area contributed by atoms with E-state index < -0.39 is 0 Å². The Labute approximate surface area is 96.8 Å². The van der Waals surface area contributed by atoms with Gasteiger partial charge in [0.05, 0.1) is 13.3 Å². The predicted molar refractivity (Wildman–Crippen MR) is 63.6 cm³/mol. The largest absolute Gasteiger partial charge is 0.495 e. The molecular formula is C12H19N3O. The molecule has 0 spiro atoms. The standard InChI is InChI=1S/C12H19N3O/c1-14-3-5-15(6-4-14)10-11-7-12(16-2)9-13-8-11/h7-9H,3-6,10H2,1-2H3. The van der Waals surface area contributed by atoms with Crippen LogP contribution < -0.4 is 4.74 Å². The summed E-state index contributed by atoms with van der Waals surface area (Å²) in [5.41, 5.74) is 1.23. The van der Waals surface area contributed by atoms with Gasteiger partial charge in [0.2, 0.25) is 0 Å². The number of piperazine rings is 1. The fraction of sp³-hybridized carbons (Fsp3) is 0.583.